The third-order valence-corrected chi connectivity index (χ3v) is 3.94. The maximum Gasteiger partial charge on any atom is 0.175 e. The van der Waals surface area contributed by atoms with Crippen LogP contribution in [0.5, 0.6) is 0 Å². The molecule has 1 heterocycles. The van der Waals surface area contributed by atoms with Crippen molar-refractivity contribution in [2.45, 2.75) is 17.9 Å². The van der Waals surface area contributed by atoms with Crippen molar-refractivity contribution < 1.29 is 13.2 Å². The lowest BCUT2D eigenvalue weighted by Gasteiger charge is -2.15. The average molecular weight is 295 g/mol. The Bertz CT molecular complexity index is 716. The lowest BCUT2D eigenvalue weighted by Crippen LogP contribution is -2.21. The van der Waals surface area contributed by atoms with Crippen molar-refractivity contribution in [2.75, 3.05) is 25.3 Å². The molecule has 2 rings (SSSR count). The normalized spacial score (nSPS) is 13.3. The van der Waals surface area contributed by atoms with Gasteiger partial charge in [0, 0.05) is 24.8 Å². The van der Waals surface area contributed by atoms with Gasteiger partial charge in [-0.05, 0) is 25.1 Å². The number of rotatable bonds is 5. The van der Waals surface area contributed by atoms with Gasteiger partial charge in [0.15, 0.2) is 9.84 Å². The number of sulfone groups is 1. The van der Waals surface area contributed by atoms with Gasteiger partial charge in [0.25, 0.3) is 0 Å². The summed E-state index contributed by atoms with van der Waals surface area (Å²) in [6, 6.07) is 4.87. The van der Waals surface area contributed by atoms with Crippen LogP contribution < -0.4 is 5.32 Å². The molecule has 0 aliphatic carbocycles. The van der Waals surface area contributed by atoms with Crippen LogP contribution >= 0.6 is 0 Å². The van der Waals surface area contributed by atoms with Gasteiger partial charge in [0.1, 0.15) is 12.1 Å². The molecule has 0 spiro atoms. The number of aromatic nitrogens is 2. The van der Waals surface area contributed by atoms with Gasteiger partial charge in [-0.15, -0.1) is 0 Å². The van der Waals surface area contributed by atoms with Crippen molar-refractivity contribution in [3.8, 4) is 0 Å². The van der Waals surface area contributed by atoms with Gasteiger partial charge in [0.05, 0.1) is 17.0 Å². The predicted octanol–water partition coefficient (Wildman–Crippen LogP) is 1.48. The van der Waals surface area contributed by atoms with Crippen LogP contribution in [0.4, 0.5) is 5.82 Å². The topological polar surface area (TPSA) is 81.2 Å². The van der Waals surface area contributed by atoms with Gasteiger partial charge in [-0.25, -0.2) is 18.4 Å². The standard InChI is InChI=1S/C13H17N3O3S/c1-9(7-19-2)16-13-11-6-10(20(3,17)18)4-5-12(11)14-8-15-13/h4-6,8-9H,7H2,1-3H3,(H,14,15,16). The van der Waals surface area contributed by atoms with E-state index in [1.165, 1.54) is 12.6 Å². The predicted molar refractivity (Wildman–Crippen MR) is 77.6 cm³/mol. The molecule has 0 bridgehead atoms. The molecule has 7 heteroatoms. The average Bonchev–Trinajstić information content (AvgIpc) is 2.38. The van der Waals surface area contributed by atoms with Crippen LogP contribution in [-0.2, 0) is 14.6 Å². The first-order chi connectivity index (χ1) is 9.41. The number of nitrogens with one attached hydrogen (secondary N) is 1. The summed E-state index contributed by atoms with van der Waals surface area (Å²) in [5, 5.41) is 3.87. The molecule has 6 nitrogen and oxygen atoms in total. The molecule has 1 aromatic heterocycles. The molecular weight excluding hydrogens is 278 g/mol. The lowest BCUT2D eigenvalue weighted by molar-refractivity contribution is 0.190. The van der Waals surface area contributed by atoms with Gasteiger partial charge in [0.2, 0.25) is 0 Å². The van der Waals surface area contributed by atoms with Gasteiger partial charge < -0.3 is 10.1 Å². The van der Waals surface area contributed by atoms with E-state index in [1.807, 2.05) is 6.92 Å². The summed E-state index contributed by atoms with van der Waals surface area (Å²) in [4.78, 5) is 8.57. The monoisotopic (exact) mass is 295 g/mol. The van der Waals surface area contributed by atoms with Crippen LogP contribution in [-0.4, -0.2) is 44.4 Å². The van der Waals surface area contributed by atoms with Crippen LogP contribution in [0.15, 0.2) is 29.4 Å². The Kier molecular flexibility index (Phi) is 4.20. The maximum absolute atomic E-state index is 11.6. The van der Waals surface area contributed by atoms with Crippen molar-refractivity contribution in [1.29, 1.82) is 0 Å². The molecule has 1 N–H and O–H groups in total. The molecule has 0 aliphatic heterocycles. The molecule has 0 fully saturated rings. The Morgan fingerprint density at radius 3 is 2.75 bits per heavy atom. The fourth-order valence-corrected chi connectivity index (χ4v) is 2.55. The fourth-order valence-electron chi connectivity index (χ4n) is 1.91. The number of hydrogen-bond acceptors (Lipinski definition) is 6. The quantitative estimate of drug-likeness (QED) is 0.900. The smallest absolute Gasteiger partial charge is 0.175 e. The van der Waals surface area contributed by atoms with E-state index in [2.05, 4.69) is 15.3 Å². The molecule has 1 unspecified atom stereocenters. The molecule has 1 aromatic carbocycles. The number of hydrogen-bond donors (Lipinski definition) is 1. The Labute approximate surface area is 118 Å². The first-order valence-corrected chi connectivity index (χ1v) is 8.01. The highest BCUT2D eigenvalue weighted by atomic mass is 32.2. The van der Waals surface area contributed by atoms with E-state index in [0.717, 1.165) is 0 Å². The molecule has 0 amide bonds. The highest BCUT2D eigenvalue weighted by Crippen LogP contribution is 2.23. The highest BCUT2D eigenvalue weighted by Gasteiger charge is 2.12. The van der Waals surface area contributed by atoms with Gasteiger partial charge >= 0.3 is 0 Å². The third kappa shape index (κ3) is 3.23. The van der Waals surface area contributed by atoms with Crippen molar-refractivity contribution in [3.05, 3.63) is 24.5 Å². The number of anilines is 1. The second-order valence-corrected chi connectivity index (χ2v) is 6.69. The Balaban J connectivity index is 2.49. The first kappa shape index (κ1) is 14.7. The number of methoxy groups -OCH3 is 1. The molecule has 0 aliphatic rings. The lowest BCUT2D eigenvalue weighted by atomic mass is 10.2. The Morgan fingerprint density at radius 2 is 2.10 bits per heavy atom. The summed E-state index contributed by atoms with van der Waals surface area (Å²) in [5.41, 5.74) is 0.694. The largest absolute Gasteiger partial charge is 0.383 e. The van der Waals surface area contributed by atoms with Crippen LogP contribution in [0.2, 0.25) is 0 Å². The number of benzene rings is 1. The molecule has 20 heavy (non-hydrogen) atoms. The van der Waals surface area contributed by atoms with E-state index in [1.54, 1.807) is 25.3 Å². The fraction of sp³-hybridized carbons (Fsp3) is 0.385. The maximum atomic E-state index is 11.6. The molecule has 0 saturated carbocycles. The number of nitrogens with zero attached hydrogens (tertiary/aromatic N) is 2. The summed E-state index contributed by atoms with van der Waals surface area (Å²) in [5.74, 6) is 0.602. The third-order valence-electron chi connectivity index (χ3n) is 2.83. The summed E-state index contributed by atoms with van der Waals surface area (Å²) >= 11 is 0. The van der Waals surface area contributed by atoms with Crippen LogP contribution in [0.1, 0.15) is 6.92 Å². The van der Waals surface area contributed by atoms with Crippen molar-refractivity contribution in [2.24, 2.45) is 0 Å². The molecule has 1 atom stereocenters. The van der Waals surface area contributed by atoms with E-state index in [4.69, 9.17) is 4.74 Å². The molecular formula is C13H17N3O3S. The van der Waals surface area contributed by atoms with E-state index >= 15 is 0 Å². The van der Waals surface area contributed by atoms with E-state index in [-0.39, 0.29) is 10.9 Å². The SMILES string of the molecule is COCC(C)Nc1ncnc2ccc(S(C)(=O)=O)cc12. The summed E-state index contributed by atoms with van der Waals surface area (Å²) < 4.78 is 28.3. The van der Waals surface area contributed by atoms with Crippen LogP contribution in [0, 0.1) is 0 Å². The first-order valence-electron chi connectivity index (χ1n) is 6.12. The molecule has 2 aromatic rings. The number of ether oxygens (including phenoxy) is 1. The zero-order chi connectivity index (χ0) is 14.8. The van der Waals surface area contributed by atoms with Gasteiger partial charge in [-0.3, -0.25) is 0 Å². The summed E-state index contributed by atoms with van der Waals surface area (Å²) in [6.45, 7) is 2.48. The molecule has 0 radical (unpaired) electrons. The van der Waals surface area contributed by atoms with Crippen molar-refractivity contribution in [1.82, 2.24) is 9.97 Å². The van der Waals surface area contributed by atoms with Crippen LogP contribution in [0.3, 0.4) is 0 Å². The second-order valence-electron chi connectivity index (χ2n) is 4.67. The van der Waals surface area contributed by atoms with E-state index < -0.39 is 9.84 Å². The minimum atomic E-state index is -3.26. The Hall–Kier alpha value is -1.73. The summed E-state index contributed by atoms with van der Waals surface area (Å²) in [7, 11) is -1.63. The second kappa shape index (κ2) is 5.72. The molecule has 108 valence electrons. The molecule has 0 saturated heterocycles. The highest BCUT2D eigenvalue weighted by molar-refractivity contribution is 7.90. The van der Waals surface area contributed by atoms with Gasteiger partial charge in [-0.2, -0.15) is 0 Å². The van der Waals surface area contributed by atoms with Gasteiger partial charge in [-0.1, -0.05) is 0 Å². The van der Waals surface area contributed by atoms with Crippen LogP contribution in [0.25, 0.3) is 10.9 Å². The minimum absolute atomic E-state index is 0.0555. The number of fused-ring (bicyclic) bond motifs is 1. The van der Waals surface area contributed by atoms with E-state index in [0.29, 0.717) is 23.3 Å². The van der Waals surface area contributed by atoms with E-state index in [9.17, 15) is 8.42 Å². The summed E-state index contributed by atoms with van der Waals surface area (Å²) in [6.07, 6.45) is 2.63. The van der Waals surface area contributed by atoms with Crippen molar-refractivity contribution in [3.63, 3.8) is 0 Å². The Morgan fingerprint density at radius 1 is 1.35 bits per heavy atom. The van der Waals surface area contributed by atoms with Crippen molar-refractivity contribution >= 4 is 26.6 Å². The zero-order valence-electron chi connectivity index (χ0n) is 11.6. The minimum Gasteiger partial charge on any atom is -0.383 e. The zero-order valence-corrected chi connectivity index (χ0v) is 12.4.